The van der Waals surface area contributed by atoms with Crippen LogP contribution in [0.3, 0.4) is 0 Å². The topological polar surface area (TPSA) is 272 Å². The minimum atomic E-state index is -2.28. The number of ether oxygens (including phenoxy) is 6. The zero-order valence-corrected chi connectivity index (χ0v) is 36.8. The third-order valence-corrected chi connectivity index (χ3v) is 11.5. The van der Waals surface area contributed by atoms with E-state index in [1.807, 2.05) is 26.0 Å². The van der Waals surface area contributed by atoms with Crippen LogP contribution in [0.25, 0.3) is 0 Å². The molecule has 1 aromatic carbocycles. The molecule has 9 N–H and O–H groups in total. The number of rotatable bonds is 22. The van der Waals surface area contributed by atoms with Crippen molar-refractivity contribution in [2.24, 2.45) is 5.92 Å². The number of aromatic hydroxyl groups is 2. The predicted molar refractivity (Wildman–Crippen MR) is 231 cm³/mol. The third-order valence-electron chi connectivity index (χ3n) is 11.5. The molecule has 4 rings (SSSR count). The molecule has 3 heterocycles. The van der Waals surface area contributed by atoms with Crippen LogP contribution in [0.15, 0.2) is 84.5 Å². The van der Waals surface area contributed by atoms with Crippen LogP contribution in [0.2, 0.25) is 0 Å². The van der Waals surface area contributed by atoms with Crippen molar-refractivity contribution in [2.75, 3.05) is 13.2 Å². The van der Waals surface area contributed by atoms with Gasteiger partial charge in [0.15, 0.2) is 18.5 Å². The molecule has 0 unspecified atom stereocenters. The second kappa shape index (κ2) is 25.5. The summed E-state index contributed by atoms with van der Waals surface area (Å²) in [7, 11) is 0. The lowest BCUT2D eigenvalue weighted by molar-refractivity contribution is -0.395. The fraction of sp³-hybridized carbons (Fsp3) is 0.574. The van der Waals surface area contributed by atoms with Gasteiger partial charge in [-0.05, 0) is 68.6 Å². The van der Waals surface area contributed by atoms with Gasteiger partial charge in [-0.2, -0.15) is 0 Å². The molecule has 1 aromatic rings. The van der Waals surface area contributed by atoms with Crippen LogP contribution >= 0.6 is 0 Å². The van der Waals surface area contributed by atoms with E-state index in [2.05, 4.69) is 19.9 Å². The molecule has 0 amide bonds. The van der Waals surface area contributed by atoms with E-state index < -0.39 is 104 Å². The van der Waals surface area contributed by atoms with Crippen molar-refractivity contribution in [3.05, 3.63) is 95.7 Å². The van der Waals surface area contributed by atoms with Gasteiger partial charge < -0.3 is 74.4 Å². The van der Waals surface area contributed by atoms with Crippen LogP contribution in [0.4, 0.5) is 0 Å². The van der Waals surface area contributed by atoms with Crippen molar-refractivity contribution < 1.29 is 84.0 Å². The molecule has 17 nitrogen and oxygen atoms in total. The fourth-order valence-corrected chi connectivity index (χ4v) is 7.30. The standard InChI is InChI=1S/C47H66O17/c1-5-28(3)17-11-9-12-18-29(4)33(51)20-14-10-16-22-38(54)62-44-43(35(25-48)64-47(45(44)58)39-30(26-60-47)23-32(50)24-34(39)52)63-46-42(57)41(56)40(55)36(61-46)27-59-37(53)21-15-8-7-13-19-31(49)6-2/h7-10,12,14-16,18,21-24,28,31,33,35-36,40-46,48-52,55-58H,5-6,11,13,17,19-20,25-27H2,1-4H3/t28-,31+,33-,35+,36-,40-,41-,42-,43-,44+,45+,46+,47-/m0/s1. The summed E-state index contributed by atoms with van der Waals surface area (Å²) < 4.78 is 34.7. The van der Waals surface area contributed by atoms with Gasteiger partial charge in [0.1, 0.15) is 54.7 Å². The summed E-state index contributed by atoms with van der Waals surface area (Å²) in [6.07, 6.45) is 5.02. The first kappa shape index (κ1) is 52.4. The van der Waals surface area contributed by atoms with E-state index in [1.165, 1.54) is 24.3 Å². The number of carbonyl (C=O) groups excluding carboxylic acids is 2. The first-order valence-electron chi connectivity index (χ1n) is 21.8. The van der Waals surface area contributed by atoms with Gasteiger partial charge in [0, 0.05) is 18.2 Å². The van der Waals surface area contributed by atoms with E-state index in [0.717, 1.165) is 43.1 Å². The van der Waals surface area contributed by atoms with Crippen molar-refractivity contribution in [3.8, 4) is 11.5 Å². The summed E-state index contributed by atoms with van der Waals surface area (Å²) >= 11 is 0. The number of fused-ring (bicyclic) bond motifs is 2. The molecule has 356 valence electrons. The average Bonchev–Trinajstić information content (AvgIpc) is 3.64. The lowest BCUT2D eigenvalue weighted by atomic mass is 9.86. The largest absolute Gasteiger partial charge is 0.508 e. The number of benzene rings is 1. The Labute approximate surface area is 373 Å². The minimum Gasteiger partial charge on any atom is -0.508 e. The minimum absolute atomic E-state index is 0.118. The zero-order chi connectivity index (χ0) is 47.0. The summed E-state index contributed by atoms with van der Waals surface area (Å²) in [5.41, 5.74) is 0.842. The predicted octanol–water partition coefficient (Wildman–Crippen LogP) is 3.04. The molecule has 64 heavy (non-hydrogen) atoms. The Hall–Kier alpha value is -4.24. The molecule has 13 atom stereocenters. The van der Waals surface area contributed by atoms with Gasteiger partial charge in [-0.25, -0.2) is 9.59 Å². The van der Waals surface area contributed by atoms with Gasteiger partial charge in [-0.1, -0.05) is 81.9 Å². The summed E-state index contributed by atoms with van der Waals surface area (Å²) in [5.74, 6) is -4.36. The molecular weight excluding hydrogens is 837 g/mol. The normalized spacial score (nSPS) is 30.2. The number of carbonyl (C=O) groups is 2. The Morgan fingerprint density at radius 1 is 0.859 bits per heavy atom. The first-order valence-corrected chi connectivity index (χ1v) is 21.8. The first-order chi connectivity index (χ1) is 30.6. The second-order valence-corrected chi connectivity index (χ2v) is 16.3. The number of phenols is 2. The van der Waals surface area contributed by atoms with E-state index in [1.54, 1.807) is 18.2 Å². The molecule has 0 bridgehead atoms. The SMILES string of the molecule is CC[C@H](C)CCC=CC=C(C)[C@@H](O)CC=CC=CC(=O)O[C@@H]1[C@@H](O[C@H]2O[C@@H](COC(=O)C=CC=CCC[C@H](O)CC)[C@H](O)[C@H](O)[C@@H]2O)[C@@H](CO)O[C@]2(OCc3cc(O)cc(O)c32)[C@@H]1O. The smallest absolute Gasteiger partial charge is 0.331 e. The molecule has 2 saturated heterocycles. The van der Waals surface area contributed by atoms with Gasteiger partial charge in [-0.15, -0.1) is 0 Å². The third kappa shape index (κ3) is 14.1. The highest BCUT2D eigenvalue weighted by atomic mass is 16.8. The molecule has 17 heteroatoms. The summed E-state index contributed by atoms with van der Waals surface area (Å²) in [6.45, 7) is 6.24. The summed E-state index contributed by atoms with van der Waals surface area (Å²) in [4.78, 5) is 25.8. The van der Waals surface area contributed by atoms with Gasteiger partial charge in [0.05, 0.1) is 31.0 Å². The van der Waals surface area contributed by atoms with E-state index in [-0.39, 0.29) is 29.9 Å². The maximum Gasteiger partial charge on any atom is 0.331 e. The van der Waals surface area contributed by atoms with Gasteiger partial charge in [-0.3, -0.25) is 0 Å². The number of phenolic OH excluding ortho intramolecular Hbond substituents is 2. The number of allylic oxidation sites excluding steroid dienone is 8. The highest BCUT2D eigenvalue weighted by molar-refractivity contribution is 5.82. The van der Waals surface area contributed by atoms with Gasteiger partial charge in [0.25, 0.3) is 0 Å². The maximum absolute atomic E-state index is 13.4. The molecule has 0 saturated carbocycles. The van der Waals surface area contributed by atoms with Crippen molar-refractivity contribution in [3.63, 3.8) is 0 Å². The molecule has 0 aromatic heterocycles. The Bertz CT molecular complexity index is 1840. The number of hydrogen-bond acceptors (Lipinski definition) is 17. The maximum atomic E-state index is 13.4. The van der Waals surface area contributed by atoms with Crippen LogP contribution in [0, 0.1) is 5.92 Å². The molecule has 1 spiro atoms. The van der Waals surface area contributed by atoms with E-state index in [9.17, 15) is 55.5 Å². The highest BCUT2D eigenvalue weighted by Gasteiger charge is 2.63. The highest BCUT2D eigenvalue weighted by Crippen LogP contribution is 2.51. The van der Waals surface area contributed by atoms with E-state index in [4.69, 9.17) is 28.4 Å². The van der Waals surface area contributed by atoms with Crippen molar-refractivity contribution in [1.82, 2.24) is 0 Å². The Balaban J connectivity index is 1.50. The number of aliphatic hydroxyl groups is 7. The average molecular weight is 903 g/mol. The van der Waals surface area contributed by atoms with Crippen molar-refractivity contribution in [1.29, 1.82) is 0 Å². The fourth-order valence-electron chi connectivity index (χ4n) is 7.30. The Morgan fingerprint density at radius 3 is 2.25 bits per heavy atom. The van der Waals surface area contributed by atoms with Crippen LogP contribution in [-0.2, 0) is 50.4 Å². The lowest BCUT2D eigenvalue weighted by Crippen LogP contribution is -2.67. The zero-order valence-electron chi connectivity index (χ0n) is 36.8. The van der Waals surface area contributed by atoms with Crippen LogP contribution < -0.4 is 0 Å². The molecule has 2 fully saturated rings. The Kier molecular flexibility index (Phi) is 20.8. The molecule has 0 aliphatic carbocycles. The van der Waals surface area contributed by atoms with E-state index in [0.29, 0.717) is 25.2 Å². The van der Waals surface area contributed by atoms with Crippen LogP contribution in [0.5, 0.6) is 11.5 Å². The number of hydrogen-bond donors (Lipinski definition) is 9. The lowest BCUT2D eigenvalue weighted by Gasteiger charge is -2.50. The molecule has 3 aliphatic rings. The van der Waals surface area contributed by atoms with Gasteiger partial charge >= 0.3 is 11.9 Å². The van der Waals surface area contributed by atoms with Crippen molar-refractivity contribution in [2.45, 2.75) is 152 Å². The molecular formula is C47H66O17. The van der Waals surface area contributed by atoms with E-state index >= 15 is 0 Å². The van der Waals surface area contributed by atoms with Gasteiger partial charge in [0.2, 0.25) is 5.79 Å². The number of esters is 2. The number of aliphatic hydroxyl groups excluding tert-OH is 7. The monoisotopic (exact) mass is 902 g/mol. The quantitative estimate of drug-likeness (QED) is 0.0460. The second-order valence-electron chi connectivity index (χ2n) is 16.3. The van der Waals surface area contributed by atoms with Crippen LogP contribution in [0.1, 0.15) is 83.8 Å². The summed E-state index contributed by atoms with van der Waals surface area (Å²) in [6, 6.07) is 2.25. The van der Waals surface area contributed by atoms with Crippen LogP contribution in [-0.4, -0.2) is 138 Å². The molecule has 0 radical (unpaired) electrons. The van der Waals surface area contributed by atoms with Crippen molar-refractivity contribution >= 4 is 11.9 Å². The molecule has 3 aliphatic heterocycles. The Morgan fingerprint density at radius 2 is 1.55 bits per heavy atom. The summed E-state index contributed by atoms with van der Waals surface area (Å²) in [5, 5.41) is 96.4.